The maximum atomic E-state index is 12.0. The molecule has 0 saturated heterocycles. The highest BCUT2D eigenvalue weighted by Crippen LogP contribution is 2.12. The number of rotatable bonds is 6. The summed E-state index contributed by atoms with van der Waals surface area (Å²) in [5.41, 5.74) is 0.409. The number of non-ortho nitro benzene ring substituents is 1. The predicted molar refractivity (Wildman–Crippen MR) is 61.8 cm³/mol. The topological polar surface area (TPSA) is 92.5 Å². The zero-order valence-corrected chi connectivity index (χ0v) is 9.75. The molecular formula is C11H12F2N2O4. The van der Waals surface area contributed by atoms with Crippen LogP contribution in [-0.2, 0) is 11.2 Å². The molecule has 0 heterocycles. The number of carbonyl (C=O) groups excluding carboxylic acids is 1. The molecule has 104 valence electrons. The number of nitro benzene ring substituents is 1. The van der Waals surface area contributed by atoms with Crippen LogP contribution in [0.5, 0.6) is 0 Å². The van der Waals surface area contributed by atoms with Crippen molar-refractivity contribution in [3.05, 3.63) is 39.9 Å². The first-order valence-corrected chi connectivity index (χ1v) is 5.36. The second-order valence-electron chi connectivity index (χ2n) is 3.81. The third-order valence-corrected chi connectivity index (χ3v) is 2.31. The van der Waals surface area contributed by atoms with Crippen molar-refractivity contribution in [2.45, 2.75) is 19.0 Å². The maximum Gasteiger partial charge on any atom is 0.269 e. The van der Waals surface area contributed by atoms with Gasteiger partial charge in [-0.05, 0) is 5.56 Å². The molecule has 1 amide bonds. The highest BCUT2D eigenvalue weighted by atomic mass is 19.3. The van der Waals surface area contributed by atoms with E-state index >= 15 is 0 Å². The number of aliphatic hydroxyl groups is 1. The lowest BCUT2D eigenvalue weighted by Gasteiger charge is -2.10. The summed E-state index contributed by atoms with van der Waals surface area (Å²) >= 11 is 0. The van der Waals surface area contributed by atoms with Crippen LogP contribution in [0.4, 0.5) is 14.5 Å². The summed E-state index contributed by atoms with van der Waals surface area (Å²) in [6, 6.07) is 5.30. The molecule has 1 unspecified atom stereocenters. The molecule has 0 aliphatic heterocycles. The Labute approximate surface area is 107 Å². The second-order valence-corrected chi connectivity index (χ2v) is 3.81. The molecule has 0 bridgehead atoms. The van der Waals surface area contributed by atoms with E-state index in [0.717, 1.165) is 0 Å². The predicted octanol–water partition coefficient (Wildman–Crippen LogP) is 0.879. The van der Waals surface area contributed by atoms with Gasteiger partial charge in [0, 0.05) is 18.7 Å². The van der Waals surface area contributed by atoms with E-state index in [9.17, 15) is 23.7 Å². The van der Waals surface area contributed by atoms with E-state index in [0.29, 0.717) is 5.56 Å². The van der Waals surface area contributed by atoms with E-state index in [2.05, 4.69) is 5.32 Å². The number of nitrogens with one attached hydrogen (secondary N) is 1. The van der Waals surface area contributed by atoms with Crippen molar-refractivity contribution in [3.63, 3.8) is 0 Å². The highest BCUT2D eigenvalue weighted by molar-refractivity contribution is 5.78. The Balaban J connectivity index is 2.46. The summed E-state index contributed by atoms with van der Waals surface area (Å²) in [5.74, 6) is -0.548. The Morgan fingerprint density at radius 1 is 1.37 bits per heavy atom. The third kappa shape index (κ3) is 4.96. The molecule has 0 aliphatic carbocycles. The molecule has 8 heteroatoms. The first-order chi connectivity index (χ1) is 8.90. The first kappa shape index (κ1) is 15.0. The van der Waals surface area contributed by atoms with Crippen molar-refractivity contribution in [2.24, 2.45) is 0 Å². The number of nitrogens with zero attached hydrogens (tertiary/aromatic N) is 1. The summed E-state index contributed by atoms with van der Waals surface area (Å²) < 4.78 is 23.9. The normalized spacial score (nSPS) is 12.2. The first-order valence-electron chi connectivity index (χ1n) is 5.36. The lowest BCUT2D eigenvalue weighted by Crippen LogP contribution is -2.36. The minimum absolute atomic E-state index is 0.0997. The zero-order valence-electron chi connectivity index (χ0n) is 9.75. The molecule has 19 heavy (non-hydrogen) atoms. The minimum Gasteiger partial charge on any atom is -0.385 e. The van der Waals surface area contributed by atoms with Gasteiger partial charge in [-0.3, -0.25) is 14.9 Å². The van der Waals surface area contributed by atoms with Crippen LogP contribution in [0.15, 0.2) is 24.3 Å². The number of aliphatic hydroxyl groups excluding tert-OH is 1. The molecule has 1 rings (SSSR count). The largest absolute Gasteiger partial charge is 0.385 e. The molecule has 0 radical (unpaired) electrons. The average molecular weight is 274 g/mol. The van der Waals surface area contributed by atoms with Crippen molar-refractivity contribution in [1.29, 1.82) is 0 Å². The standard InChI is InChI=1S/C11H12F2N2O4/c12-11(13)9(16)6-14-10(17)5-7-1-3-8(4-2-7)15(18)19/h1-4,9,11,16H,5-6H2,(H,14,17). The lowest BCUT2D eigenvalue weighted by atomic mass is 10.1. The number of carbonyl (C=O) groups is 1. The summed E-state index contributed by atoms with van der Waals surface area (Å²) in [4.78, 5) is 21.2. The number of halogens is 2. The number of alkyl halides is 2. The van der Waals surface area contributed by atoms with E-state index in [1.807, 2.05) is 0 Å². The van der Waals surface area contributed by atoms with Gasteiger partial charge in [0.1, 0.15) is 6.10 Å². The van der Waals surface area contributed by atoms with Gasteiger partial charge in [-0.1, -0.05) is 12.1 Å². The van der Waals surface area contributed by atoms with Crippen molar-refractivity contribution in [3.8, 4) is 0 Å². The SMILES string of the molecule is O=C(Cc1ccc([N+](=O)[O-])cc1)NCC(O)C(F)F. The summed E-state index contributed by atoms with van der Waals surface area (Å²) in [5, 5.41) is 21.3. The Bertz CT molecular complexity index is 451. The van der Waals surface area contributed by atoms with Gasteiger partial charge >= 0.3 is 0 Å². The van der Waals surface area contributed by atoms with Crippen LogP contribution in [0.25, 0.3) is 0 Å². The molecule has 1 atom stereocenters. The van der Waals surface area contributed by atoms with E-state index in [4.69, 9.17) is 5.11 Å². The number of benzene rings is 1. The molecule has 0 aromatic heterocycles. The van der Waals surface area contributed by atoms with Gasteiger partial charge in [0.15, 0.2) is 0 Å². The van der Waals surface area contributed by atoms with Crippen molar-refractivity contribution >= 4 is 11.6 Å². The monoisotopic (exact) mass is 274 g/mol. The fourth-order valence-electron chi connectivity index (χ4n) is 1.29. The Kier molecular flexibility index (Phi) is 5.31. The number of hydrogen-bond acceptors (Lipinski definition) is 4. The quantitative estimate of drug-likeness (QED) is 0.595. The van der Waals surface area contributed by atoms with E-state index < -0.39 is 29.9 Å². The van der Waals surface area contributed by atoms with E-state index in [1.54, 1.807) is 0 Å². The lowest BCUT2D eigenvalue weighted by molar-refractivity contribution is -0.384. The molecule has 0 spiro atoms. The Morgan fingerprint density at radius 2 is 1.95 bits per heavy atom. The van der Waals surface area contributed by atoms with Crippen LogP contribution >= 0.6 is 0 Å². The van der Waals surface area contributed by atoms with Gasteiger partial charge < -0.3 is 10.4 Å². The van der Waals surface area contributed by atoms with Crippen LogP contribution < -0.4 is 5.32 Å². The van der Waals surface area contributed by atoms with Crippen molar-refractivity contribution < 1.29 is 23.6 Å². The molecule has 0 saturated carbocycles. The second kappa shape index (κ2) is 6.74. The van der Waals surface area contributed by atoms with E-state index in [-0.39, 0.29) is 12.1 Å². The van der Waals surface area contributed by atoms with E-state index in [1.165, 1.54) is 24.3 Å². The summed E-state index contributed by atoms with van der Waals surface area (Å²) in [6.45, 7) is -0.538. The minimum atomic E-state index is -2.92. The fraction of sp³-hybridized carbons (Fsp3) is 0.364. The van der Waals surface area contributed by atoms with Gasteiger partial charge in [0.2, 0.25) is 5.91 Å². The van der Waals surface area contributed by atoms with Crippen LogP contribution in [-0.4, -0.2) is 35.0 Å². The number of hydrogen-bond donors (Lipinski definition) is 2. The molecule has 0 fully saturated rings. The maximum absolute atomic E-state index is 12.0. The molecule has 1 aromatic carbocycles. The summed E-state index contributed by atoms with van der Waals surface area (Å²) in [7, 11) is 0. The van der Waals surface area contributed by atoms with Crippen LogP contribution in [0.2, 0.25) is 0 Å². The Morgan fingerprint density at radius 3 is 2.42 bits per heavy atom. The third-order valence-electron chi connectivity index (χ3n) is 2.31. The van der Waals surface area contributed by atoms with Crippen LogP contribution in [0.1, 0.15) is 5.56 Å². The summed E-state index contributed by atoms with van der Waals surface area (Å²) in [6.07, 6.45) is -4.92. The molecule has 2 N–H and O–H groups in total. The fourth-order valence-corrected chi connectivity index (χ4v) is 1.29. The van der Waals surface area contributed by atoms with Gasteiger partial charge in [0.05, 0.1) is 11.3 Å². The smallest absolute Gasteiger partial charge is 0.269 e. The molecule has 6 nitrogen and oxygen atoms in total. The number of amides is 1. The number of nitro groups is 1. The average Bonchev–Trinajstić information content (AvgIpc) is 2.36. The van der Waals surface area contributed by atoms with Gasteiger partial charge in [-0.2, -0.15) is 0 Å². The van der Waals surface area contributed by atoms with Gasteiger partial charge in [-0.15, -0.1) is 0 Å². The van der Waals surface area contributed by atoms with Crippen molar-refractivity contribution in [2.75, 3.05) is 6.54 Å². The molecule has 1 aromatic rings. The highest BCUT2D eigenvalue weighted by Gasteiger charge is 2.17. The molecule has 0 aliphatic rings. The van der Waals surface area contributed by atoms with Crippen molar-refractivity contribution in [1.82, 2.24) is 5.32 Å². The van der Waals surface area contributed by atoms with Gasteiger partial charge in [0.25, 0.3) is 12.1 Å². The van der Waals surface area contributed by atoms with Crippen LogP contribution in [0.3, 0.4) is 0 Å². The van der Waals surface area contributed by atoms with Gasteiger partial charge in [-0.25, -0.2) is 8.78 Å². The Hall–Kier alpha value is -2.09. The molecular weight excluding hydrogens is 262 g/mol. The zero-order chi connectivity index (χ0) is 14.4. The van der Waals surface area contributed by atoms with Crippen LogP contribution in [0, 0.1) is 10.1 Å².